The normalized spacial score (nSPS) is 12.5. The highest BCUT2D eigenvalue weighted by Gasteiger charge is 2.20. The number of rotatable bonds is 7. The summed E-state index contributed by atoms with van der Waals surface area (Å²) in [5.41, 5.74) is 17.1. The number of nitrogen functional groups attached to an aromatic ring is 2. The number of fused-ring (bicyclic) bond motifs is 2. The van der Waals surface area contributed by atoms with Crippen molar-refractivity contribution in [1.82, 2.24) is 0 Å². The molecule has 0 spiro atoms. The zero-order chi connectivity index (χ0) is 34.4. The van der Waals surface area contributed by atoms with Crippen LogP contribution in [0.25, 0.3) is 32.7 Å². The maximum absolute atomic E-state index is 12.0. The first kappa shape index (κ1) is 32.4. The molecule has 0 aliphatic rings. The number of anilines is 2. The molecule has 0 bridgehead atoms. The third kappa shape index (κ3) is 6.24. The van der Waals surface area contributed by atoms with Crippen LogP contribution in [0, 0.1) is 13.8 Å². The van der Waals surface area contributed by atoms with Gasteiger partial charge < -0.3 is 11.5 Å². The van der Waals surface area contributed by atoms with Crippen LogP contribution in [0.3, 0.4) is 0 Å². The van der Waals surface area contributed by atoms with Gasteiger partial charge in [-0.15, -0.1) is 10.2 Å². The molecule has 48 heavy (non-hydrogen) atoms. The van der Waals surface area contributed by atoms with Gasteiger partial charge in [0.15, 0.2) is 0 Å². The van der Waals surface area contributed by atoms with Crippen molar-refractivity contribution < 1.29 is 25.9 Å². The predicted molar refractivity (Wildman–Crippen MR) is 186 cm³/mol. The molecule has 0 saturated heterocycles. The molecule has 0 saturated carbocycles. The van der Waals surface area contributed by atoms with E-state index in [-0.39, 0.29) is 22.7 Å². The summed E-state index contributed by atoms with van der Waals surface area (Å²) in [6, 6.07) is 27.1. The second-order valence-electron chi connectivity index (χ2n) is 11.1. The molecule has 0 aliphatic carbocycles. The molecule has 0 unspecified atom stereocenters. The van der Waals surface area contributed by atoms with E-state index in [0.29, 0.717) is 32.9 Å². The van der Waals surface area contributed by atoms with Gasteiger partial charge in [0, 0.05) is 21.5 Å². The van der Waals surface area contributed by atoms with Gasteiger partial charge in [-0.2, -0.15) is 27.1 Å². The Morgan fingerprint density at radius 2 is 0.854 bits per heavy atom. The third-order valence-corrected chi connectivity index (χ3v) is 9.65. The lowest BCUT2D eigenvalue weighted by atomic mass is 9.96. The number of benzene rings is 6. The Morgan fingerprint density at radius 1 is 0.500 bits per heavy atom. The quantitative estimate of drug-likeness (QED) is 0.0725. The molecule has 6 N–H and O–H groups in total. The first-order valence-electron chi connectivity index (χ1n) is 14.3. The Labute approximate surface area is 276 Å². The van der Waals surface area contributed by atoms with Gasteiger partial charge in [0.05, 0.1) is 34.1 Å². The third-order valence-electron chi connectivity index (χ3n) is 7.87. The molecule has 0 heterocycles. The van der Waals surface area contributed by atoms with Gasteiger partial charge in [0.2, 0.25) is 0 Å². The molecule has 0 fully saturated rings. The summed E-state index contributed by atoms with van der Waals surface area (Å²) in [6.07, 6.45) is 0. The van der Waals surface area contributed by atoms with Crippen LogP contribution in [0.15, 0.2) is 127 Å². The lowest BCUT2D eigenvalue weighted by Crippen LogP contribution is -2.03. The topological polar surface area (TPSA) is 210 Å². The second-order valence-corrected chi connectivity index (χ2v) is 13.8. The molecular formula is C34H28N6O6S2. The van der Waals surface area contributed by atoms with Crippen molar-refractivity contribution in [3.05, 3.63) is 108 Å². The molecular weight excluding hydrogens is 653 g/mol. The van der Waals surface area contributed by atoms with Crippen LogP contribution in [-0.4, -0.2) is 25.9 Å². The highest BCUT2D eigenvalue weighted by atomic mass is 32.2. The van der Waals surface area contributed by atoms with E-state index < -0.39 is 30.0 Å². The van der Waals surface area contributed by atoms with Gasteiger partial charge >= 0.3 is 0 Å². The van der Waals surface area contributed by atoms with Crippen LogP contribution in [0.1, 0.15) is 11.1 Å². The van der Waals surface area contributed by atoms with Crippen LogP contribution in [0.5, 0.6) is 0 Å². The first-order valence-corrected chi connectivity index (χ1v) is 17.2. The molecule has 0 radical (unpaired) electrons. The number of nitrogens with zero attached hydrogens (tertiary/aromatic N) is 4. The molecule has 12 nitrogen and oxygen atoms in total. The van der Waals surface area contributed by atoms with E-state index >= 15 is 0 Å². The Morgan fingerprint density at radius 3 is 1.19 bits per heavy atom. The lowest BCUT2D eigenvalue weighted by Gasteiger charge is -2.11. The molecule has 0 aliphatic heterocycles. The highest BCUT2D eigenvalue weighted by molar-refractivity contribution is 7.86. The van der Waals surface area contributed by atoms with Gasteiger partial charge in [-0.25, -0.2) is 0 Å². The predicted octanol–water partition coefficient (Wildman–Crippen LogP) is 8.77. The Balaban J connectivity index is 1.30. The average Bonchev–Trinajstić information content (AvgIpc) is 3.03. The summed E-state index contributed by atoms with van der Waals surface area (Å²) in [4.78, 5) is -0.880. The van der Waals surface area contributed by atoms with E-state index in [2.05, 4.69) is 20.5 Å². The minimum absolute atomic E-state index is 0.0693. The van der Waals surface area contributed by atoms with E-state index in [9.17, 15) is 25.9 Å². The van der Waals surface area contributed by atoms with Crippen LogP contribution in [-0.2, 0) is 20.2 Å². The summed E-state index contributed by atoms with van der Waals surface area (Å²) in [7, 11) is -9.18. The number of hydrogen-bond acceptors (Lipinski definition) is 10. The van der Waals surface area contributed by atoms with E-state index in [1.807, 2.05) is 38.1 Å². The monoisotopic (exact) mass is 680 g/mol. The van der Waals surface area contributed by atoms with Gasteiger partial charge in [0.25, 0.3) is 20.2 Å². The van der Waals surface area contributed by atoms with Crippen LogP contribution in [0.2, 0.25) is 0 Å². The standard InChI is InChI=1S/C34H28N6O6S2/c1-19-15-21(37-39-29-17-31(47(41,42)43)33(35)27-9-5-3-7-25(27)29)11-13-23(19)24-14-12-22(16-20(24)2)38-40-30-18-32(48(44,45)46)34(36)28-10-6-4-8-26(28)30/h3-18H,35-36H2,1-2H3,(H,41,42,43)(H,44,45,46)/b39-37+,40-38+. The molecule has 14 heteroatoms. The van der Waals surface area contributed by atoms with Crippen molar-refractivity contribution in [2.75, 3.05) is 11.5 Å². The summed E-state index contributed by atoms with van der Waals surface area (Å²) in [5.74, 6) is 0. The molecule has 6 aromatic carbocycles. The van der Waals surface area contributed by atoms with E-state index in [4.69, 9.17) is 11.5 Å². The fraction of sp³-hybridized carbons (Fsp3) is 0.0588. The van der Waals surface area contributed by atoms with Gasteiger partial charge in [0.1, 0.15) is 9.79 Å². The zero-order valence-corrected chi connectivity index (χ0v) is 27.2. The smallest absolute Gasteiger partial charge is 0.296 e. The number of azo groups is 2. The Kier molecular flexibility index (Phi) is 8.26. The minimum Gasteiger partial charge on any atom is -0.397 e. The molecule has 6 rings (SSSR count). The van der Waals surface area contributed by atoms with E-state index in [1.54, 1.807) is 60.7 Å². The molecule has 0 amide bonds. The van der Waals surface area contributed by atoms with Crippen LogP contribution < -0.4 is 11.5 Å². The molecule has 0 atom stereocenters. The summed E-state index contributed by atoms with van der Waals surface area (Å²) < 4.78 is 67.2. The maximum atomic E-state index is 12.0. The molecule has 6 aromatic rings. The maximum Gasteiger partial charge on any atom is 0.296 e. The fourth-order valence-electron chi connectivity index (χ4n) is 5.55. The SMILES string of the molecule is Cc1cc(/N=N/c2cc(S(=O)(=O)O)c(N)c3ccccc23)ccc1-c1ccc(/N=N/c2cc(S(=O)(=O)O)c(N)c3ccccc23)cc1C. The largest absolute Gasteiger partial charge is 0.397 e. The Bertz CT molecular complexity index is 2390. The first-order chi connectivity index (χ1) is 22.7. The lowest BCUT2D eigenvalue weighted by molar-refractivity contribution is 0.481. The minimum atomic E-state index is -4.59. The molecule has 0 aromatic heterocycles. The zero-order valence-electron chi connectivity index (χ0n) is 25.5. The number of aryl methyl sites for hydroxylation is 2. The van der Waals surface area contributed by atoms with Crippen molar-refractivity contribution >= 4 is 75.9 Å². The van der Waals surface area contributed by atoms with E-state index in [0.717, 1.165) is 22.3 Å². The van der Waals surface area contributed by atoms with Gasteiger partial charge in [-0.3, -0.25) is 9.11 Å². The van der Waals surface area contributed by atoms with Crippen molar-refractivity contribution in [3.8, 4) is 11.1 Å². The number of nitrogens with two attached hydrogens (primary N) is 2. The van der Waals surface area contributed by atoms with Gasteiger partial charge in [-0.1, -0.05) is 60.7 Å². The summed E-state index contributed by atoms with van der Waals surface area (Å²) in [6.45, 7) is 3.85. The fourth-order valence-corrected chi connectivity index (χ4v) is 6.84. The van der Waals surface area contributed by atoms with Crippen molar-refractivity contribution in [2.45, 2.75) is 23.6 Å². The van der Waals surface area contributed by atoms with Crippen LogP contribution >= 0.6 is 0 Å². The van der Waals surface area contributed by atoms with Crippen LogP contribution in [0.4, 0.5) is 34.1 Å². The highest BCUT2D eigenvalue weighted by Crippen LogP contribution is 2.39. The van der Waals surface area contributed by atoms with E-state index in [1.165, 1.54) is 12.1 Å². The van der Waals surface area contributed by atoms with Crippen molar-refractivity contribution in [3.63, 3.8) is 0 Å². The number of hydrogen-bond donors (Lipinski definition) is 4. The second kappa shape index (κ2) is 12.2. The van der Waals surface area contributed by atoms with Crippen molar-refractivity contribution in [1.29, 1.82) is 0 Å². The van der Waals surface area contributed by atoms with Gasteiger partial charge in [-0.05, 0) is 72.5 Å². The summed E-state index contributed by atoms with van der Waals surface area (Å²) in [5, 5.41) is 19.3. The van der Waals surface area contributed by atoms with Crippen molar-refractivity contribution in [2.24, 2.45) is 20.5 Å². The Hall–Kier alpha value is -5.54. The molecule has 242 valence electrons. The average molecular weight is 681 g/mol. The summed E-state index contributed by atoms with van der Waals surface area (Å²) >= 11 is 0.